The van der Waals surface area contributed by atoms with Gasteiger partial charge in [0.05, 0.1) is 18.9 Å². The van der Waals surface area contributed by atoms with E-state index < -0.39 is 0 Å². The van der Waals surface area contributed by atoms with Gasteiger partial charge in [0.2, 0.25) is 11.8 Å². The average molecular weight is 319 g/mol. The predicted octanol–water partition coefficient (Wildman–Crippen LogP) is 1.05. The Hall–Kier alpha value is -2.22. The Morgan fingerprint density at radius 3 is 2.83 bits per heavy atom. The molecule has 2 aromatic rings. The highest BCUT2D eigenvalue weighted by Gasteiger charge is 2.19. The van der Waals surface area contributed by atoms with E-state index in [0.29, 0.717) is 50.9 Å². The first kappa shape index (κ1) is 15.7. The zero-order valence-electron chi connectivity index (χ0n) is 13.5. The van der Waals surface area contributed by atoms with E-state index in [1.807, 2.05) is 29.5 Å². The Kier molecular flexibility index (Phi) is 4.71. The van der Waals surface area contributed by atoms with Crippen LogP contribution < -0.4 is 0 Å². The second-order valence-corrected chi connectivity index (χ2v) is 5.48. The van der Waals surface area contributed by atoms with E-state index in [4.69, 9.17) is 9.15 Å². The van der Waals surface area contributed by atoms with E-state index in [-0.39, 0.29) is 5.91 Å². The molecule has 3 heterocycles. The second kappa shape index (κ2) is 6.91. The van der Waals surface area contributed by atoms with Crippen LogP contribution in [0, 0.1) is 6.92 Å². The average Bonchev–Trinajstić information content (AvgIpc) is 3.19. The van der Waals surface area contributed by atoms with Gasteiger partial charge in [0.15, 0.2) is 0 Å². The maximum atomic E-state index is 12.1. The lowest BCUT2D eigenvalue weighted by Crippen LogP contribution is -2.40. The number of aryl methyl sites for hydroxylation is 3. The normalized spacial score (nSPS) is 15.1. The van der Waals surface area contributed by atoms with Crippen molar-refractivity contribution in [1.82, 2.24) is 24.9 Å². The van der Waals surface area contributed by atoms with E-state index in [2.05, 4.69) is 15.3 Å². The van der Waals surface area contributed by atoms with Crippen molar-refractivity contribution in [3.8, 4) is 11.6 Å². The molecule has 1 aliphatic heterocycles. The molecular weight excluding hydrogens is 298 g/mol. The third-order valence-electron chi connectivity index (χ3n) is 3.80. The first-order chi connectivity index (χ1) is 11.2. The molecule has 1 fully saturated rings. The van der Waals surface area contributed by atoms with Crippen LogP contribution in [0.5, 0.6) is 0 Å². The Morgan fingerprint density at radius 1 is 1.30 bits per heavy atom. The number of amides is 1. The molecule has 2 aromatic heterocycles. The van der Waals surface area contributed by atoms with Gasteiger partial charge < -0.3 is 14.1 Å². The molecule has 8 nitrogen and oxygen atoms in total. The first-order valence-corrected chi connectivity index (χ1v) is 7.90. The molecule has 0 aliphatic carbocycles. The number of nitrogens with zero attached hydrogens (tertiary/aromatic N) is 5. The number of rotatable bonds is 5. The van der Waals surface area contributed by atoms with Crippen molar-refractivity contribution in [2.24, 2.45) is 0 Å². The summed E-state index contributed by atoms with van der Waals surface area (Å²) in [4.78, 5) is 13.9. The molecule has 0 saturated carbocycles. The van der Waals surface area contributed by atoms with Crippen molar-refractivity contribution in [2.75, 3.05) is 26.3 Å². The molecule has 0 bridgehead atoms. The zero-order valence-corrected chi connectivity index (χ0v) is 13.5. The fourth-order valence-electron chi connectivity index (χ4n) is 2.60. The number of ether oxygens (including phenoxy) is 1. The topological polar surface area (TPSA) is 86.3 Å². The van der Waals surface area contributed by atoms with Crippen LogP contribution in [0.1, 0.15) is 24.9 Å². The highest BCUT2D eigenvalue weighted by Crippen LogP contribution is 2.19. The number of carbonyl (C=O) groups is 1. The fraction of sp³-hybridized carbons (Fsp3) is 0.600. The number of hydrogen-bond donors (Lipinski definition) is 0. The molecular formula is C15H21N5O3. The van der Waals surface area contributed by atoms with Crippen molar-refractivity contribution < 1.29 is 13.9 Å². The maximum absolute atomic E-state index is 12.1. The van der Waals surface area contributed by atoms with Crippen LogP contribution in [0.25, 0.3) is 11.6 Å². The summed E-state index contributed by atoms with van der Waals surface area (Å²) in [5.74, 6) is 1.02. The van der Waals surface area contributed by atoms with E-state index in [1.54, 1.807) is 0 Å². The summed E-state index contributed by atoms with van der Waals surface area (Å²) in [5.41, 5.74) is 1.72. The van der Waals surface area contributed by atoms with E-state index >= 15 is 0 Å². The van der Waals surface area contributed by atoms with Gasteiger partial charge in [-0.1, -0.05) is 0 Å². The molecule has 0 atom stereocenters. The lowest BCUT2D eigenvalue weighted by atomic mass is 10.2. The van der Waals surface area contributed by atoms with Crippen molar-refractivity contribution in [3.63, 3.8) is 0 Å². The van der Waals surface area contributed by atoms with Crippen LogP contribution in [0.15, 0.2) is 10.5 Å². The zero-order chi connectivity index (χ0) is 16.2. The van der Waals surface area contributed by atoms with Gasteiger partial charge in [0, 0.05) is 32.5 Å². The summed E-state index contributed by atoms with van der Waals surface area (Å²) in [6, 6.07) is 1.92. The molecule has 0 radical (unpaired) electrons. The number of aromatic nitrogens is 4. The summed E-state index contributed by atoms with van der Waals surface area (Å²) in [5, 5.41) is 12.5. The molecule has 1 aliphatic rings. The van der Waals surface area contributed by atoms with Gasteiger partial charge >= 0.3 is 0 Å². The molecule has 0 aromatic carbocycles. The van der Waals surface area contributed by atoms with Gasteiger partial charge in [-0.2, -0.15) is 5.10 Å². The van der Waals surface area contributed by atoms with Crippen LogP contribution in [0.3, 0.4) is 0 Å². The summed E-state index contributed by atoms with van der Waals surface area (Å²) < 4.78 is 12.8. The van der Waals surface area contributed by atoms with Crippen LogP contribution >= 0.6 is 0 Å². The number of carbonyl (C=O) groups excluding carboxylic acids is 1. The molecule has 3 rings (SSSR count). The first-order valence-electron chi connectivity index (χ1n) is 7.90. The molecule has 0 unspecified atom stereocenters. The fourth-order valence-corrected chi connectivity index (χ4v) is 2.60. The molecule has 1 amide bonds. The molecule has 0 spiro atoms. The smallest absolute Gasteiger partial charge is 0.265 e. The van der Waals surface area contributed by atoms with Crippen molar-refractivity contribution >= 4 is 5.91 Å². The van der Waals surface area contributed by atoms with Gasteiger partial charge in [0.1, 0.15) is 5.69 Å². The van der Waals surface area contributed by atoms with Gasteiger partial charge in [-0.05, 0) is 19.9 Å². The van der Waals surface area contributed by atoms with Gasteiger partial charge in [-0.3, -0.25) is 9.48 Å². The van der Waals surface area contributed by atoms with Crippen LogP contribution in [-0.2, 0) is 22.5 Å². The Bertz CT molecular complexity index is 672. The maximum Gasteiger partial charge on any atom is 0.265 e. The molecule has 8 heteroatoms. The minimum Gasteiger partial charge on any atom is -0.419 e. The van der Waals surface area contributed by atoms with Gasteiger partial charge in [0.25, 0.3) is 5.89 Å². The summed E-state index contributed by atoms with van der Waals surface area (Å²) in [6.45, 7) is 7.19. The minimum atomic E-state index is 0.0995. The third kappa shape index (κ3) is 3.58. The standard InChI is InChI=1S/C15H21N5O3/c1-3-20-12(10-11(2)18-20)15-17-16-13(23-15)4-5-14(21)19-6-8-22-9-7-19/h10H,3-9H2,1-2H3. The van der Waals surface area contributed by atoms with Crippen molar-refractivity contribution in [3.05, 3.63) is 17.7 Å². The Morgan fingerprint density at radius 2 is 2.09 bits per heavy atom. The highest BCUT2D eigenvalue weighted by molar-refractivity contribution is 5.76. The van der Waals surface area contributed by atoms with Crippen molar-refractivity contribution in [1.29, 1.82) is 0 Å². The minimum absolute atomic E-state index is 0.0995. The van der Waals surface area contributed by atoms with E-state index in [1.165, 1.54) is 0 Å². The SMILES string of the molecule is CCn1nc(C)cc1-c1nnc(CCC(=O)N2CCOCC2)o1. The Balaban J connectivity index is 1.62. The quantitative estimate of drug-likeness (QED) is 0.819. The second-order valence-electron chi connectivity index (χ2n) is 5.48. The summed E-state index contributed by atoms with van der Waals surface area (Å²) in [7, 11) is 0. The molecule has 1 saturated heterocycles. The molecule has 23 heavy (non-hydrogen) atoms. The number of hydrogen-bond acceptors (Lipinski definition) is 6. The van der Waals surface area contributed by atoms with Crippen molar-refractivity contribution in [2.45, 2.75) is 33.2 Å². The molecule has 124 valence electrons. The highest BCUT2D eigenvalue weighted by atomic mass is 16.5. The monoisotopic (exact) mass is 319 g/mol. The lowest BCUT2D eigenvalue weighted by Gasteiger charge is -2.26. The lowest BCUT2D eigenvalue weighted by molar-refractivity contribution is -0.135. The summed E-state index contributed by atoms with van der Waals surface area (Å²) >= 11 is 0. The third-order valence-corrected chi connectivity index (χ3v) is 3.80. The largest absolute Gasteiger partial charge is 0.419 e. The van der Waals surface area contributed by atoms with E-state index in [0.717, 1.165) is 17.9 Å². The van der Waals surface area contributed by atoms with Crippen LogP contribution in [-0.4, -0.2) is 57.1 Å². The van der Waals surface area contributed by atoms with Gasteiger partial charge in [-0.15, -0.1) is 10.2 Å². The predicted molar refractivity (Wildman–Crippen MR) is 81.7 cm³/mol. The summed E-state index contributed by atoms with van der Waals surface area (Å²) in [6.07, 6.45) is 0.816. The van der Waals surface area contributed by atoms with E-state index in [9.17, 15) is 4.79 Å². The van der Waals surface area contributed by atoms with Crippen LogP contribution in [0.4, 0.5) is 0 Å². The number of morpholine rings is 1. The van der Waals surface area contributed by atoms with Gasteiger partial charge in [-0.25, -0.2) is 0 Å². The van der Waals surface area contributed by atoms with Crippen LogP contribution in [0.2, 0.25) is 0 Å². The Labute approximate surface area is 134 Å². The molecule has 0 N–H and O–H groups in total.